The van der Waals surface area contributed by atoms with Crippen LogP contribution in [0.25, 0.3) is 11.3 Å². The molecule has 1 aromatic heterocycles. The lowest BCUT2D eigenvalue weighted by atomic mass is 10.1. The van der Waals surface area contributed by atoms with Gasteiger partial charge in [0.05, 0.1) is 31.0 Å². The number of carbonyl (C=O) groups excluding carboxylic acids is 1. The van der Waals surface area contributed by atoms with E-state index < -0.39 is 0 Å². The van der Waals surface area contributed by atoms with Crippen molar-refractivity contribution in [3.63, 3.8) is 0 Å². The Morgan fingerprint density at radius 1 is 1.13 bits per heavy atom. The van der Waals surface area contributed by atoms with Gasteiger partial charge in [-0.15, -0.1) is 0 Å². The summed E-state index contributed by atoms with van der Waals surface area (Å²) in [7, 11) is 1.48. The predicted octanol–water partition coefficient (Wildman–Crippen LogP) is 0.582. The Kier molecular flexibility index (Phi) is 5.11. The van der Waals surface area contributed by atoms with Crippen molar-refractivity contribution >= 4 is 11.9 Å². The molecule has 2 N–H and O–H groups in total. The van der Waals surface area contributed by atoms with Crippen molar-refractivity contribution in [1.82, 2.24) is 15.3 Å². The van der Waals surface area contributed by atoms with E-state index in [-0.39, 0.29) is 43.6 Å². The number of hydrogen-bond acceptors (Lipinski definition) is 9. The molecule has 2 aromatic rings. The molecule has 1 aromatic carbocycles. The maximum absolute atomic E-state index is 11.8. The SMILES string of the molecule is COCC(=O)N[C@@H]1CO[C@@H]2[C@@H]1OC[C@@H]2Nc1nccc(-c2ccc3c(c2)OCO3)n1. The normalized spacial score (nSPS) is 26.4. The molecule has 0 radical (unpaired) electrons. The number of amides is 1. The van der Waals surface area contributed by atoms with Crippen LogP contribution in [0, 0.1) is 0 Å². The van der Waals surface area contributed by atoms with E-state index in [0.29, 0.717) is 24.9 Å². The lowest BCUT2D eigenvalue weighted by Gasteiger charge is -2.18. The monoisotopic (exact) mass is 414 g/mol. The second-order valence-corrected chi connectivity index (χ2v) is 7.29. The highest BCUT2D eigenvalue weighted by molar-refractivity contribution is 5.77. The van der Waals surface area contributed by atoms with Gasteiger partial charge in [0.15, 0.2) is 11.5 Å². The van der Waals surface area contributed by atoms with Crippen LogP contribution in [0.4, 0.5) is 5.95 Å². The molecule has 0 spiro atoms. The van der Waals surface area contributed by atoms with Crippen molar-refractivity contribution < 1.29 is 28.5 Å². The van der Waals surface area contributed by atoms with Crippen LogP contribution in [0.5, 0.6) is 11.5 Å². The maximum Gasteiger partial charge on any atom is 0.246 e. The van der Waals surface area contributed by atoms with Gasteiger partial charge in [0.1, 0.15) is 18.8 Å². The lowest BCUT2D eigenvalue weighted by Crippen LogP contribution is -2.45. The fourth-order valence-corrected chi connectivity index (χ4v) is 3.94. The number of fused-ring (bicyclic) bond motifs is 2. The third-order valence-electron chi connectivity index (χ3n) is 5.31. The smallest absolute Gasteiger partial charge is 0.246 e. The number of ether oxygens (including phenoxy) is 5. The zero-order chi connectivity index (χ0) is 20.5. The molecule has 0 unspecified atom stereocenters. The van der Waals surface area contributed by atoms with Gasteiger partial charge in [-0.3, -0.25) is 4.79 Å². The van der Waals surface area contributed by atoms with Crippen molar-refractivity contribution in [2.24, 2.45) is 0 Å². The molecular weight excluding hydrogens is 392 g/mol. The van der Waals surface area contributed by atoms with Crippen molar-refractivity contribution in [2.75, 3.05) is 39.0 Å². The first-order chi connectivity index (χ1) is 14.7. The summed E-state index contributed by atoms with van der Waals surface area (Å²) in [6.07, 6.45) is 1.28. The predicted molar refractivity (Wildman–Crippen MR) is 104 cm³/mol. The number of methoxy groups -OCH3 is 1. The summed E-state index contributed by atoms with van der Waals surface area (Å²) in [6.45, 7) is 1.06. The highest BCUT2D eigenvalue weighted by Gasteiger charge is 2.48. The molecule has 10 nitrogen and oxygen atoms in total. The molecule has 4 heterocycles. The standard InChI is InChI=1S/C20H22N4O6/c1-26-9-17(25)22-13-7-27-19-14(8-28-18(13)19)24-20-21-5-4-12(23-20)11-2-3-15-16(6-11)30-10-29-15/h2-6,13-14,18-19H,7-10H2,1H3,(H,22,25)(H,21,23,24)/t13-,14+,18-,19+/m1/s1. The molecule has 158 valence electrons. The van der Waals surface area contributed by atoms with Gasteiger partial charge in [0, 0.05) is 18.9 Å². The molecule has 1 amide bonds. The van der Waals surface area contributed by atoms with E-state index in [1.54, 1.807) is 6.20 Å². The van der Waals surface area contributed by atoms with Crippen LogP contribution in [0.2, 0.25) is 0 Å². The van der Waals surface area contributed by atoms with Crippen molar-refractivity contribution in [3.05, 3.63) is 30.5 Å². The summed E-state index contributed by atoms with van der Waals surface area (Å²) < 4.78 is 27.4. The Bertz CT molecular complexity index is 941. The number of benzene rings is 1. The van der Waals surface area contributed by atoms with Crippen LogP contribution in [0.1, 0.15) is 0 Å². The lowest BCUT2D eigenvalue weighted by molar-refractivity contribution is -0.126. The molecule has 5 rings (SSSR count). The Morgan fingerprint density at radius 2 is 1.93 bits per heavy atom. The Balaban J connectivity index is 1.26. The molecule has 2 saturated heterocycles. The van der Waals surface area contributed by atoms with Gasteiger partial charge in [0.2, 0.25) is 18.6 Å². The minimum absolute atomic E-state index is 0.00998. The quantitative estimate of drug-likeness (QED) is 0.701. The molecule has 3 aliphatic rings. The van der Waals surface area contributed by atoms with Crippen LogP contribution in [-0.4, -0.2) is 73.9 Å². The molecule has 3 aliphatic heterocycles. The van der Waals surface area contributed by atoms with E-state index in [0.717, 1.165) is 17.0 Å². The maximum atomic E-state index is 11.8. The number of carbonyl (C=O) groups is 1. The fraction of sp³-hybridized carbons (Fsp3) is 0.450. The van der Waals surface area contributed by atoms with Crippen LogP contribution in [0.15, 0.2) is 30.5 Å². The summed E-state index contributed by atoms with van der Waals surface area (Å²) in [5, 5.41) is 6.20. The molecule has 30 heavy (non-hydrogen) atoms. The number of nitrogens with one attached hydrogen (secondary N) is 2. The number of nitrogens with zero attached hydrogens (tertiary/aromatic N) is 2. The van der Waals surface area contributed by atoms with E-state index in [4.69, 9.17) is 23.7 Å². The minimum atomic E-state index is -0.222. The first-order valence-corrected chi connectivity index (χ1v) is 9.72. The van der Waals surface area contributed by atoms with E-state index in [2.05, 4.69) is 20.6 Å². The van der Waals surface area contributed by atoms with Crippen LogP contribution in [0.3, 0.4) is 0 Å². The Hall–Kier alpha value is -2.95. The van der Waals surface area contributed by atoms with Gasteiger partial charge >= 0.3 is 0 Å². The summed E-state index contributed by atoms with van der Waals surface area (Å²) in [6, 6.07) is 7.21. The number of aromatic nitrogens is 2. The summed E-state index contributed by atoms with van der Waals surface area (Å²) >= 11 is 0. The Morgan fingerprint density at radius 3 is 2.80 bits per heavy atom. The van der Waals surface area contributed by atoms with Crippen molar-refractivity contribution in [3.8, 4) is 22.8 Å². The second-order valence-electron chi connectivity index (χ2n) is 7.29. The second kappa shape index (κ2) is 8.05. The zero-order valence-electron chi connectivity index (χ0n) is 16.4. The number of hydrogen-bond donors (Lipinski definition) is 2. The number of rotatable bonds is 6. The van der Waals surface area contributed by atoms with Gasteiger partial charge < -0.3 is 34.3 Å². The largest absolute Gasteiger partial charge is 0.454 e. The highest BCUT2D eigenvalue weighted by atomic mass is 16.7. The highest BCUT2D eigenvalue weighted by Crippen LogP contribution is 2.35. The third-order valence-corrected chi connectivity index (χ3v) is 5.31. The molecule has 0 saturated carbocycles. The van der Waals surface area contributed by atoms with E-state index in [9.17, 15) is 4.79 Å². The van der Waals surface area contributed by atoms with Gasteiger partial charge in [0.25, 0.3) is 0 Å². The molecule has 4 atom stereocenters. The average molecular weight is 414 g/mol. The van der Waals surface area contributed by atoms with Gasteiger partial charge in [-0.05, 0) is 24.3 Å². The summed E-state index contributed by atoms with van der Waals surface area (Å²) in [4.78, 5) is 20.8. The average Bonchev–Trinajstić information content (AvgIpc) is 3.46. The van der Waals surface area contributed by atoms with Crippen LogP contribution in [-0.2, 0) is 19.0 Å². The van der Waals surface area contributed by atoms with Gasteiger partial charge in [-0.2, -0.15) is 0 Å². The first-order valence-electron chi connectivity index (χ1n) is 9.72. The molecule has 10 heteroatoms. The van der Waals surface area contributed by atoms with Crippen LogP contribution >= 0.6 is 0 Å². The van der Waals surface area contributed by atoms with Crippen LogP contribution < -0.4 is 20.1 Å². The molecule has 0 aliphatic carbocycles. The Labute approximate surface area is 172 Å². The molecule has 0 bridgehead atoms. The van der Waals surface area contributed by atoms with E-state index >= 15 is 0 Å². The van der Waals surface area contributed by atoms with Gasteiger partial charge in [-0.25, -0.2) is 9.97 Å². The van der Waals surface area contributed by atoms with E-state index in [1.165, 1.54) is 7.11 Å². The molecular formula is C20H22N4O6. The first kappa shape index (κ1) is 19.0. The fourth-order valence-electron chi connectivity index (χ4n) is 3.94. The zero-order valence-corrected chi connectivity index (χ0v) is 16.4. The summed E-state index contributed by atoms with van der Waals surface area (Å²) in [5.74, 6) is 1.72. The topological polar surface area (TPSA) is 113 Å². The van der Waals surface area contributed by atoms with Crippen molar-refractivity contribution in [2.45, 2.75) is 24.3 Å². The molecule has 2 fully saturated rings. The third kappa shape index (κ3) is 3.64. The summed E-state index contributed by atoms with van der Waals surface area (Å²) in [5.41, 5.74) is 1.67. The minimum Gasteiger partial charge on any atom is -0.454 e. The van der Waals surface area contributed by atoms with E-state index in [1.807, 2.05) is 24.3 Å². The van der Waals surface area contributed by atoms with Gasteiger partial charge in [-0.1, -0.05) is 0 Å². The van der Waals surface area contributed by atoms with Crippen molar-refractivity contribution in [1.29, 1.82) is 0 Å². The number of anilines is 1.